The molecule has 0 aliphatic carbocycles. The highest BCUT2D eigenvalue weighted by molar-refractivity contribution is 7.13. The largest absolute Gasteiger partial charge is 0.366 e. The van der Waals surface area contributed by atoms with Crippen LogP contribution in [0, 0.1) is 6.92 Å². The van der Waals surface area contributed by atoms with E-state index < -0.39 is 5.91 Å². The van der Waals surface area contributed by atoms with Gasteiger partial charge in [0.05, 0.1) is 17.0 Å². The second kappa shape index (κ2) is 7.58. The number of nitrogens with two attached hydrogens (primary N) is 1. The van der Waals surface area contributed by atoms with Crippen molar-refractivity contribution in [2.24, 2.45) is 5.73 Å². The first kappa shape index (κ1) is 18.4. The van der Waals surface area contributed by atoms with E-state index in [-0.39, 0.29) is 0 Å². The second-order valence-electron chi connectivity index (χ2n) is 6.38. The van der Waals surface area contributed by atoms with Crippen molar-refractivity contribution in [3.63, 3.8) is 0 Å². The number of amides is 1. The third-order valence-corrected chi connectivity index (χ3v) is 5.72. The van der Waals surface area contributed by atoms with E-state index in [0.717, 1.165) is 33.2 Å². The lowest BCUT2D eigenvalue weighted by Crippen LogP contribution is -2.12. The van der Waals surface area contributed by atoms with E-state index in [4.69, 9.17) is 22.3 Å². The number of pyridine rings is 1. The van der Waals surface area contributed by atoms with Crippen molar-refractivity contribution in [3.8, 4) is 22.0 Å². The van der Waals surface area contributed by atoms with Crippen molar-refractivity contribution >= 4 is 28.8 Å². The van der Waals surface area contributed by atoms with Crippen molar-refractivity contribution in [1.29, 1.82) is 0 Å². The van der Waals surface area contributed by atoms with Crippen LogP contribution in [0.25, 0.3) is 22.0 Å². The molecule has 7 heteroatoms. The van der Waals surface area contributed by atoms with Crippen LogP contribution in [0.1, 0.15) is 21.6 Å². The summed E-state index contributed by atoms with van der Waals surface area (Å²) in [6.45, 7) is 2.49. The number of carbonyl (C=O) groups is 1. The summed E-state index contributed by atoms with van der Waals surface area (Å²) in [4.78, 5) is 20.7. The van der Waals surface area contributed by atoms with E-state index in [2.05, 4.69) is 9.55 Å². The number of benzene rings is 1. The molecule has 140 valence electrons. The van der Waals surface area contributed by atoms with Gasteiger partial charge in [-0.25, -0.2) is 4.98 Å². The van der Waals surface area contributed by atoms with Gasteiger partial charge in [-0.3, -0.25) is 9.78 Å². The Morgan fingerprint density at radius 1 is 1.18 bits per heavy atom. The fourth-order valence-electron chi connectivity index (χ4n) is 3.10. The van der Waals surface area contributed by atoms with Gasteiger partial charge in [-0.2, -0.15) is 0 Å². The first-order valence-electron chi connectivity index (χ1n) is 8.63. The van der Waals surface area contributed by atoms with E-state index in [1.165, 1.54) is 0 Å². The molecule has 0 aliphatic heterocycles. The highest BCUT2D eigenvalue weighted by atomic mass is 35.5. The summed E-state index contributed by atoms with van der Waals surface area (Å²) >= 11 is 7.55. The number of aromatic nitrogens is 3. The molecule has 0 unspecified atom stereocenters. The maximum atomic E-state index is 11.9. The first-order chi connectivity index (χ1) is 13.5. The number of hydrogen-bond donors (Lipinski definition) is 1. The molecule has 0 saturated carbocycles. The number of halogens is 1. The fourth-order valence-corrected chi connectivity index (χ4v) is 4.05. The molecule has 0 spiro atoms. The Hall–Kier alpha value is -2.96. The van der Waals surface area contributed by atoms with Gasteiger partial charge in [0, 0.05) is 40.6 Å². The molecule has 3 aromatic heterocycles. The van der Waals surface area contributed by atoms with Crippen LogP contribution in [-0.4, -0.2) is 20.4 Å². The van der Waals surface area contributed by atoms with E-state index in [9.17, 15) is 4.79 Å². The number of rotatable bonds is 5. The lowest BCUT2D eigenvalue weighted by Gasteiger charge is -2.11. The van der Waals surface area contributed by atoms with Gasteiger partial charge in [0.2, 0.25) is 0 Å². The average Bonchev–Trinajstić information content (AvgIpc) is 3.30. The molecule has 2 N–H and O–H groups in total. The van der Waals surface area contributed by atoms with E-state index in [1.807, 2.05) is 54.8 Å². The summed E-state index contributed by atoms with van der Waals surface area (Å²) in [5.41, 5.74) is 10.7. The summed E-state index contributed by atoms with van der Waals surface area (Å²) in [6.07, 6.45) is 3.49. The normalized spacial score (nSPS) is 10.9. The Balaban J connectivity index is 1.78. The molecule has 0 bridgehead atoms. The highest BCUT2D eigenvalue weighted by Gasteiger charge is 2.19. The third kappa shape index (κ3) is 3.56. The minimum absolute atomic E-state index is 0.446. The molecule has 4 aromatic rings. The summed E-state index contributed by atoms with van der Waals surface area (Å²) in [5.74, 6) is -0.446. The van der Waals surface area contributed by atoms with Crippen molar-refractivity contribution < 1.29 is 4.79 Å². The summed E-state index contributed by atoms with van der Waals surface area (Å²) in [7, 11) is 0. The van der Waals surface area contributed by atoms with Crippen molar-refractivity contribution in [3.05, 3.63) is 82.1 Å². The van der Waals surface area contributed by atoms with Gasteiger partial charge >= 0.3 is 0 Å². The summed E-state index contributed by atoms with van der Waals surface area (Å²) in [5, 5.41) is 3.58. The van der Waals surface area contributed by atoms with Crippen LogP contribution in [0.15, 0.2) is 60.2 Å². The number of hydrogen-bond acceptors (Lipinski definition) is 4. The van der Waals surface area contributed by atoms with Crippen LogP contribution in [0.3, 0.4) is 0 Å². The van der Waals surface area contributed by atoms with Crippen molar-refractivity contribution in [2.45, 2.75) is 13.5 Å². The van der Waals surface area contributed by atoms with Crippen LogP contribution >= 0.6 is 22.9 Å². The van der Waals surface area contributed by atoms with Crippen molar-refractivity contribution in [1.82, 2.24) is 14.5 Å². The molecule has 1 amide bonds. The Labute approximate surface area is 171 Å². The SMILES string of the molecule is Cc1c(C(N)=O)cc(-c2csc(-c3ccncc3)n2)n1Cc1ccc(Cl)cc1. The summed E-state index contributed by atoms with van der Waals surface area (Å²) in [6, 6.07) is 13.3. The number of carbonyl (C=O) groups excluding carboxylic acids is 1. The molecule has 0 radical (unpaired) electrons. The minimum atomic E-state index is -0.446. The Morgan fingerprint density at radius 3 is 2.57 bits per heavy atom. The molecule has 0 saturated heterocycles. The van der Waals surface area contributed by atoms with Crippen molar-refractivity contribution in [2.75, 3.05) is 0 Å². The topological polar surface area (TPSA) is 73.8 Å². The molecule has 0 aliphatic rings. The zero-order chi connectivity index (χ0) is 19.7. The molecule has 3 heterocycles. The van der Waals surface area contributed by atoms with Crippen LogP contribution in [0.2, 0.25) is 5.02 Å². The smallest absolute Gasteiger partial charge is 0.250 e. The van der Waals surface area contributed by atoms with Gasteiger partial charge in [0.1, 0.15) is 5.01 Å². The van der Waals surface area contributed by atoms with Crippen LogP contribution in [-0.2, 0) is 6.54 Å². The molecular weight excluding hydrogens is 392 g/mol. The lowest BCUT2D eigenvalue weighted by molar-refractivity contribution is 0.0999. The molecule has 0 atom stereocenters. The number of nitrogens with zero attached hydrogens (tertiary/aromatic N) is 3. The lowest BCUT2D eigenvalue weighted by atomic mass is 10.2. The van der Waals surface area contributed by atoms with Gasteiger partial charge in [-0.05, 0) is 42.8 Å². The van der Waals surface area contributed by atoms with Crippen LogP contribution in [0.4, 0.5) is 0 Å². The van der Waals surface area contributed by atoms with Gasteiger partial charge in [-0.15, -0.1) is 11.3 Å². The molecule has 0 fully saturated rings. The van der Waals surface area contributed by atoms with Gasteiger partial charge < -0.3 is 10.3 Å². The Bertz CT molecular complexity index is 1130. The maximum absolute atomic E-state index is 11.9. The van der Waals surface area contributed by atoms with E-state index >= 15 is 0 Å². The Kier molecular flexibility index (Phi) is 4.98. The monoisotopic (exact) mass is 408 g/mol. The van der Waals surface area contributed by atoms with E-state index in [0.29, 0.717) is 17.1 Å². The summed E-state index contributed by atoms with van der Waals surface area (Å²) < 4.78 is 2.06. The molecule has 1 aromatic carbocycles. The molecular formula is C21H17ClN4OS. The van der Waals surface area contributed by atoms with Crippen LogP contribution in [0.5, 0.6) is 0 Å². The second-order valence-corrected chi connectivity index (χ2v) is 7.67. The highest BCUT2D eigenvalue weighted by Crippen LogP contribution is 2.31. The number of thiazole rings is 1. The zero-order valence-corrected chi connectivity index (χ0v) is 16.7. The van der Waals surface area contributed by atoms with E-state index in [1.54, 1.807) is 23.7 Å². The Morgan fingerprint density at radius 2 is 1.89 bits per heavy atom. The predicted molar refractivity (Wildman–Crippen MR) is 113 cm³/mol. The standard InChI is InChI=1S/C21H17ClN4OS/c1-13-17(20(23)27)10-19(26(13)11-14-2-4-16(22)5-3-14)18-12-28-21(25-18)15-6-8-24-9-7-15/h2-10,12H,11H2,1H3,(H2,23,27). The molecule has 4 rings (SSSR count). The van der Waals surface area contributed by atoms with Gasteiger partial charge in [-0.1, -0.05) is 23.7 Å². The average molecular weight is 409 g/mol. The van der Waals surface area contributed by atoms with Gasteiger partial charge in [0.25, 0.3) is 5.91 Å². The predicted octanol–water partition coefficient (Wildman–Crippen LogP) is 4.78. The quantitative estimate of drug-likeness (QED) is 0.516. The fraction of sp³-hybridized carbons (Fsp3) is 0.0952. The molecule has 28 heavy (non-hydrogen) atoms. The third-order valence-electron chi connectivity index (χ3n) is 4.58. The first-order valence-corrected chi connectivity index (χ1v) is 9.89. The zero-order valence-electron chi connectivity index (χ0n) is 15.1. The number of primary amides is 1. The molecule has 5 nitrogen and oxygen atoms in total. The van der Waals surface area contributed by atoms with Gasteiger partial charge in [0.15, 0.2) is 0 Å². The van der Waals surface area contributed by atoms with Crippen LogP contribution < -0.4 is 5.73 Å². The minimum Gasteiger partial charge on any atom is -0.366 e. The maximum Gasteiger partial charge on any atom is 0.250 e.